The molecule has 0 aliphatic carbocycles. The minimum Gasteiger partial charge on any atom is -0.497 e. The number of benzene rings is 2. The molecule has 3 heterocycles. The molecule has 5 rings (SSSR count). The maximum Gasteiger partial charge on any atom is 0.433 e. The van der Waals surface area contributed by atoms with Crippen LogP contribution in [0.25, 0.3) is 39.9 Å². The normalized spacial score (nSPS) is 11.8. The number of halogens is 4. The molecule has 0 aliphatic heterocycles. The molecule has 0 fully saturated rings. The first-order valence-corrected chi connectivity index (χ1v) is 9.92. The molecule has 2 aromatic carbocycles. The average molecular weight is 472 g/mol. The van der Waals surface area contributed by atoms with Crippen LogP contribution in [0.4, 0.5) is 13.2 Å². The van der Waals surface area contributed by atoms with Crippen molar-refractivity contribution in [1.29, 1.82) is 0 Å². The van der Waals surface area contributed by atoms with Crippen LogP contribution in [-0.4, -0.2) is 31.8 Å². The van der Waals surface area contributed by atoms with Crippen LogP contribution in [-0.2, 0) is 6.18 Å². The van der Waals surface area contributed by atoms with E-state index in [0.29, 0.717) is 26.4 Å². The van der Waals surface area contributed by atoms with Gasteiger partial charge in [0, 0.05) is 22.2 Å². The van der Waals surface area contributed by atoms with Crippen molar-refractivity contribution in [2.24, 2.45) is 0 Å². The van der Waals surface area contributed by atoms with Crippen molar-refractivity contribution in [1.82, 2.24) is 24.7 Å². The number of hydrogen-bond donors (Lipinski definition) is 0. The lowest BCUT2D eigenvalue weighted by Crippen LogP contribution is -2.13. The van der Waals surface area contributed by atoms with Gasteiger partial charge in [0.2, 0.25) is 5.82 Å². The van der Waals surface area contributed by atoms with Gasteiger partial charge >= 0.3 is 6.18 Å². The molecule has 0 bridgehead atoms. The monoisotopic (exact) mass is 471 g/mol. The number of aromatic nitrogens is 5. The second kappa shape index (κ2) is 7.89. The van der Waals surface area contributed by atoms with Gasteiger partial charge in [0.25, 0.3) is 5.89 Å². The third kappa shape index (κ3) is 4.00. The summed E-state index contributed by atoms with van der Waals surface area (Å²) in [7, 11) is 1.50. The Labute approximate surface area is 189 Å². The Morgan fingerprint density at radius 2 is 1.61 bits per heavy atom. The molecule has 0 radical (unpaired) electrons. The molecule has 166 valence electrons. The first kappa shape index (κ1) is 21.0. The van der Waals surface area contributed by atoms with E-state index in [-0.39, 0.29) is 28.8 Å². The van der Waals surface area contributed by atoms with Crippen LogP contribution in [0.3, 0.4) is 0 Å². The van der Waals surface area contributed by atoms with Crippen LogP contribution in [0.15, 0.2) is 65.2 Å². The Kier molecular flexibility index (Phi) is 5.01. The number of nitrogens with zero attached hydrogens (tertiary/aromatic N) is 5. The molecule has 0 amide bonds. The lowest BCUT2D eigenvalue weighted by Gasteiger charge is -2.11. The van der Waals surface area contributed by atoms with Crippen molar-refractivity contribution in [3.63, 3.8) is 0 Å². The first-order chi connectivity index (χ1) is 15.8. The highest BCUT2D eigenvalue weighted by molar-refractivity contribution is 6.30. The molecule has 0 aliphatic rings. The summed E-state index contributed by atoms with van der Waals surface area (Å²) < 4.78 is 52.5. The third-order valence-electron chi connectivity index (χ3n) is 4.85. The average Bonchev–Trinajstić information content (AvgIpc) is 3.45. The topological polar surface area (TPSA) is 78.3 Å². The zero-order valence-electron chi connectivity index (χ0n) is 16.8. The highest BCUT2D eigenvalue weighted by atomic mass is 35.5. The van der Waals surface area contributed by atoms with E-state index in [1.807, 2.05) is 0 Å². The SMILES string of the molecule is COc1ccc(-c2cc(C(F)(F)F)n3nc(-c4nc(-c5ccc(Cl)cc5)no4)cc3n2)cc1. The summed E-state index contributed by atoms with van der Waals surface area (Å²) in [4.78, 5) is 8.60. The van der Waals surface area contributed by atoms with Gasteiger partial charge in [-0.1, -0.05) is 16.8 Å². The van der Waals surface area contributed by atoms with E-state index in [1.165, 1.54) is 13.2 Å². The van der Waals surface area contributed by atoms with E-state index < -0.39 is 11.9 Å². The van der Waals surface area contributed by atoms with Gasteiger partial charge in [-0.2, -0.15) is 23.3 Å². The van der Waals surface area contributed by atoms with E-state index in [9.17, 15) is 13.2 Å². The van der Waals surface area contributed by atoms with Gasteiger partial charge in [0.05, 0.1) is 12.8 Å². The fraction of sp³-hybridized carbons (Fsp3) is 0.0909. The van der Waals surface area contributed by atoms with E-state index in [4.69, 9.17) is 20.9 Å². The van der Waals surface area contributed by atoms with Gasteiger partial charge < -0.3 is 9.26 Å². The summed E-state index contributed by atoms with van der Waals surface area (Å²) in [6, 6.07) is 15.6. The molecule has 3 aromatic heterocycles. The molecule has 5 aromatic rings. The lowest BCUT2D eigenvalue weighted by molar-refractivity contribution is -0.142. The minimum absolute atomic E-state index is 0.0168. The molecule has 0 saturated carbocycles. The second-order valence-electron chi connectivity index (χ2n) is 6.98. The fourth-order valence-corrected chi connectivity index (χ4v) is 3.36. The molecule has 0 atom stereocenters. The number of hydrogen-bond acceptors (Lipinski definition) is 6. The Morgan fingerprint density at radius 1 is 0.909 bits per heavy atom. The minimum atomic E-state index is -4.67. The molecule has 33 heavy (non-hydrogen) atoms. The maximum atomic E-state index is 13.8. The summed E-state index contributed by atoms with van der Waals surface area (Å²) in [5.41, 5.74) is 0.325. The standard InChI is InChI=1S/C22H13ClF3N5O2/c1-32-15-8-4-12(5-9-15)16-10-18(22(24,25)26)31-19(27-16)11-17(29-31)21-28-20(30-33-21)13-2-6-14(23)7-3-13/h2-11H,1H3. The van der Waals surface area contributed by atoms with Crippen LogP contribution in [0.1, 0.15) is 5.69 Å². The maximum absolute atomic E-state index is 13.8. The summed E-state index contributed by atoms with van der Waals surface area (Å²) >= 11 is 5.89. The Bertz CT molecular complexity index is 1440. The van der Waals surface area contributed by atoms with Crippen molar-refractivity contribution >= 4 is 17.2 Å². The highest BCUT2D eigenvalue weighted by Gasteiger charge is 2.35. The van der Waals surface area contributed by atoms with Crippen LogP contribution < -0.4 is 4.74 Å². The van der Waals surface area contributed by atoms with Gasteiger partial charge in [-0.3, -0.25) is 0 Å². The molecular weight excluding hydrogens is 459 g/mol. The molecule has 0 N–H and O–H groups in total. The second-order valence-corrected chi connectivity index (χ2v) is 7.42. The highest BCUT2D eigenvalue weighted by Crippen LogP contribution is 2.34. The zero-order valence-corrected chi connectivity index (χ0v) is 17.6. The van der Waals surface area contributed by atoms with Crippen LogP contribution in [0, 0.1) is 0 Å². The predicted octanol–water partition coefficient (Wildman–Crippen LogP) is 5.79. The van der Waals surface area contributed by atoms with Gasteiger partial charge in [-0.05, 0) is 54.6 Å². The summed E-state index contributed by atoms with van der Waals surface area (Å²) in [5.74, 6) is 0.793. The van der Waals surface area contributed by atoms with Crippen LogP contribution >= 0.6 is 11.6 Å². The van der Waals surface area contributed by atoms with Crippen molar-refractivity contribution in [3.05, 3.63) is 71.4 Å². The van der Waals surface area contributed by atoms with Gasteiger partial charge in [0.15, 0.2) is 17.0 Å². The summed E-state index contributed by atoms with van der Waals surface area (Å²) in [5, 5.41) is 8.45. The summed E-state index contributed by atoms with van der Waals surface area (Å²) in [6.45, 7) is 0. The van der Waals surface area contributed by atoms with E-state index >= 15 is 0 Å². The largest absolute Gasteiger partial charge is 0.497 e. The van der Waals surface area contributed by atoms with Crippen molar-refractivity contribution < 1.29 is 22.4 Å². The van der Waals surface area contributed by atoms with Crippen molar-refractivity contribution in [3.8, 4) is 40.0 Å². The quantitative estimate of drug-likeness (QED) is 0.330. The van der Waals surface area contributed by atoms with Crippen molar-refractivity contribution in [2.45, 2.75) is 6.18 Å². The molecule has 11 heteroatoms. The van der Waals surface area contributed by atoms with Crippen LogP contribution in [0.2, 0.25) is 5.02 Å². The smallest absolute Gasteiger partial charge is 0.433 e. The zero-order chi connectivity index (χ0) is 23.2. The van der Waals surface area contributed by atoms with Gasteiger partial charge in [-0.25, -0.2) is 9.50 Å². The van der Waals surface area contributed by atoms with Gasteiger partial charge in [0.1, 0.15) is 5.75 Å². The first-order valence-electron chi connectivity index (χ1n) is 9.54. The molecular formula is C22H13ClF3N5O2. The Hall–Kier alpha value is -3.92. The van der Waals surface area contributed by atoms with Crippen LogP contribution in [0.5, 0.6) is 5.75 Å². The fourth-order valence-electron chi connectivity index (χ4n) is 3.23. The predicted molar refractivity (Wildman–Crippen MR) is 114 cm³/mol. The number of rotatable bonds is 4. The van der Waals surface area contributed by atoms with Crippen molar-refractivity contribution in [2.75, 3.05) is 7.11 Å². The third-order valence-corrected chi connectivity index (χ3v) is 5.10. The van der Waals surface area contributed by atoms with Gasteiger partial charge in [-0.15, -0.1) is 0 Å². The van der Waals surface area contributed by atoms with E-state index in [2.05, 4.69) is 20.2 Å². The molecule has 0 spiro atoms. The molecule has 7 nitrogen and oxygen atoms in total. The van der Waals surface area contributed by atoms with E-state index in [0.717, 1.165) is 6.07 Å². The van der Waals surface area contributed by atoms with E-state index in [1.54, 1.807) is 48.5 Å². The lowest BCUT2D eigenvalue weighted by atomic mass is 10.1. The summed E-state index contributed by atoms with van der Waals surface area (Å²) in [6.07, 6.45) is -4.67. The number of methoxy groups -OCH3 is 1. The number of ether oxygens (including phenoxy) is 1. The Morgan fingerprint density at radius 3 is 2.27 bits per heavy atom. The number of fused-ring (bicyclic) bond motifs is 1. The number of alkyl halides is 3. The Balaban J connectivity index is 1.60. The molecule has 0 unspecified atom stereocenters. The molecule has 0 saturated heterocycles.